The molecule has 0 fully saturated rings. The first-order valence-electron chi connectivity index (χ1n) is 5.43. The molecule has 0 aliphatic rings. The zero-order chi connectivity index (χ0) is 13.0. The van der Waals surface area contributed by atoms with Gasteiger partial charge in [0.25, 0.3) is 0 Å². The first-order chi connectivity index (χ1) is 7.97. The monoisotopic (exact) mass is 232 g/mol. The zero-order valence-electron chi connectivity index (χ0n) is 10.4. The van der Waals surface area contributed by atoms with E-state index < -0.39 is 5.83 Å². The topological polar surface area (TPSA) is 20.2 Å². The van der Waals surface area contributed by atoms with Gasteiger partial charge in [0, 0.05) is 5.57 Å². The molecule has 1 N–H and O–H groups in total. The summed E-state index contributed by atoms with van der Waals surface area (Å²) in [5, 5.41) is 9.61. The Balaban J connectivity index is 3.33. The van der Waals surface area contributed by atoms with Crippen LogP contribution in [0.1, 0.15) is 25.0 Å². The van der Waals surface area contributed by atoms with E-state index >= 15 is 0 Å². The van der Waals surface area contributed by atoms with E-state index in [1.54, 1.807) is 13.0 Å². The highest BCUT2D eigenvalue weighted by Gasteiger charge is 2.08. The highest BCUT2D eigenvalue weighted by atomic mass is 19.1. The minimum Gasteiger partial charge on any atom is -0.505 e. The Bertz CT molecular complexity index is 474. The summed E-state index contributed by atoms with van der Waals surface area (Å²) in [4.78, 5) is 0. The molecule has 17 heavy (non-hydrogen) atoms. The summed E-state index contributed by atoms with van der Waals surface area (Å²) in [7, 11) is 0. The molecule has 2 heteroatoms. The van der Waals surface area contributed by atoms with Crippen molar-refractivity contribution in [2.45, 2.75) is 20.8 Å². The Morgan fingerprint density at radius 3 is 2.18 bits per heavy atom. The van der Waals surface area contributed by atoms with Gasteiger partial charge in [0.2, 0.25) is 0 Å². The van der Waals surface area contributed by atoms with E-state index in [2.05, 4.69) is 6.58 Å². The van der Waals surface area contributed by atoms with Gasteiger partial charge < -0.3 is 5.11 Å². The van der Waals surface area contributed by atoms with E-state index in [1.165, 1.54) is 6.92 Å². The number of allylic oxidation sites excluding steroid dienone is 4. The summed E-state index contributed by atoms with van der Waals surface area (Å²) in [5.74, 6) is -0.908. The van der Waals surface area contributed by atoms with E-state index in [-0.39, 0.29) is 5.76 Å². The largest absolute Gasteiger partial charge is 0.505 e. The maximum Gasteiger partial charge on any atom is 0.150 e. The maximum atomic E-state index is 13.0. The number of hydrogen-bond donors (Lipinski definition) is 1. The predicted molar refractivity (Wildman–Crippen MR) is 70.4 cm³/mol. The summed E-state index contributed by atoms with van der Waals surface area (Å²) in [6.45, 7) is 8.61. The molecule has 1 aromatic rings. The standard InChI is InChI=1S/C15H17FO/c1-5-14(11(3)15(17)12(4)16)13-8-6-10(2)7-9-13/h5-9,17H,1H2,2-4H3/b14-11+,15-12-. The summed E-state index contributed by atoms with van der Waals surface area (Å²) in [6, 6.07) is 7.79. The lowest BCUT2D eigenvalue weighted by Gasteiger charge is -2.09. The Kier molecular flexibility index (Phi) is 4.27. The lowest BCUT2D eigenvalue weighted by Crippen LogP contribution is -1.92. The fourth-order valence-corrected chi connectivity index (χ4v) is 1.61. The lowest BCUT2D eigenvalue weighted by molar-refractivity contribution is 0.393. The molecule has 0 unspecified atom stereocenters. The molecule has 0 aromatic heterocycles. The average molecular weight is 232 g/mol. The van der Waals surface area contributed by atoms with Crippen LogP contribution in [0.3, 0.4) is 0 Å². The second kappa shape index (κ2) is 5.48. The molecule has 0 bridgehead atoms. The molecule has 0 heterocycles. The van der Waals surface area contributed by atoms with E-state index in [9.17, 15) is 9.50 Å². The van der Waals surface area contributed by atoms with Gasteiger partial charge in [-0.3, -0.25) is 0 Å². The molecule has 1 nitrogen and oxygen atoms in total. The van der Waals surface area contributed by atoms with Crippen LogP contribution in [0.5, 0.6) is 0 Å². The molecule has 0 spiro atoms. The van der Waals surface area contributed by atoms with Gasteiger partial charge in [-0.05, 0) is 31.9 Å². The summed E-state index contributed by atoms with van der Waals surface area (Å²) in [5.41, 5.74) is 3.29. The number of aryl methyl sites for hydroxylation is 1. The number of aliphatic hydroxyl groups excluding tert-OH is 1. The van der Waals surface area contributed by atoms with Gasteiger partial charge in [-0.1, -0.05) is 42.5 Å². The van der Waals surface area contributed by atoms with E-state index in [1.807, 2.05) is 31.2 Å². The smallest absolute Gasteiger partial charge is 0.150 e. The van der Waals surface area contributed by atoms with Crippen LogP contribution < -0.4 is 0 Å². The van der Waals surface area contributed by atoms with Gasteiger partial charge in [-0.2, -0.15) is 0 Å². The van der Waals surface area contributed by atoms with Crippen molar-refractivity contribution in [3.63, 3.8) is 0 Å². The van der Waals surface area contributed by atoms with Crippen LogP contribution in [0.2, 0.25) is 0 Å². The third-order valence-electron chi connectivity index (χ3n) is 2.65. The van der Waals surface area contributed by atoms with Crippen molar-refractivity contribution in [3.05, 3.63) is 65.2 Å². The van der Waals surface area contributed by atoms with E-state index in [0.717, 1.165) is 16.7 Å². The highest BCUT2D eigenvalue weighted by Crippen LogP contribution is 2.25. The molecule has 90 valence electrons. The number of hydrogen-bond acceptors (Lipinski definition) is 1. The molecular weight excluding hydrogens is 215 g/mol. The van der Waals surface area contributed by atoms with Crippen LogP contribution in [0.15, 0.2) is 54.1 Å². The van der Waals surface area contributed by atoms with Gasteiger partial charge in [-0.15, -0.1) is 0 Å². The number of halogens is 1. The van der Waals surface area contributed by atoms with Crippen molar-refractivity contribution in [3.8, 4) is 0 Å². The fourth-order valence-electron chi connectivity index (χ4n) is 1.61. The number of rotatable bonds is 3. The molecule has 0 saturated carbocycles. The number of aliphatic hydroxyl groups is 1. The first-order valence-corrected chi connectivity index (χ1v) is 5.43. The van der Waals surface area contributed by atoms with Crippen LogP contribution in [0.25, 0.3) is 5.57 Å². The van der Waals surface area contributed by atoms with Crippen molar-refractivity contribution in [1.29, 1.82) is 0 Å². The minimum atomic E-state index is -0.589. The Hall–Kier alpha value is -1.83. The van der Waals surface area contributed by atoms with Gasteiger partial charge in [0.15, 0.2) is 0 Å². The fraction of sp³-hybridized carbons (Fsp3) is 0.200. The quantitative estimate of drug-likeness (QED) is 0.591. The molecule has 0 saturated heterocycles. The van der Waals surface area contributed by atoms with Gasteiger partial charge in [0.05, 0.1) is 0 Å². The molecule has 0 atom stereocenters. The Labute approximate surface area is 102 Å². The molecule has 0 radical (unpaired) electrons. The minimum absolute atomic E-state index is 0.319. The lowest BCUT2D eigenvalue weighted by atomic mass is 9.98. The van der Waals surface area contributed by atoms with Gasteiger partial charge in [-0.25, -0.2) is 4.39 Å². The second-order valence-corrected chi connectivity index (χ2v) is 3.99. The first kappa shape index (κ1) is 13.2. The molecule has 0 amide bonds. The molecule has 1 rings (SSSR count). The zero-order valence-corrected chi connectivity index (χ0v) is 10.4. The van der Waals surface area contributed by atoms with Crippen molar-refractivity contribution in [2.24, 2.45) is 0 Å². The summed E-state index contributed by atoms with van der Waals surface area (Å²) < 4.78 is 13.0. The van der Waals surface area contributed by atoms with Crippen molar-refractivity contribution < 1.29 is 9.50 Å². The van der Waals surface area contributed by atoms with Crippen LogP contribution in [-0.2, 0) is 0 Å². The molecular formula is C15H17FO. The van der Waals surface area contributed by atoms with Crippen molar-refractivity contribution >= 4 is 5.57 Å². The normalized spacial score (nSPS) is 13.9. The molecule has 0 aliphatic carbocycles. The van der Waals surface area contributed by atoms with E-state index in [0.29, 0.717) is 5.57 Å². The van der Waals surface area contributed by atoms with E-state index in [4.69, 9.17) is 0 Å². The molecule has 1 aromatic carbocycles. The van der Waals surface area contributed by atoms with Gasteiger partial charge >= 0.3 is 0 Å². The SMILES string of the molecule is C=C/C(=C(C)\C(O)=C(/C)F)c1ccc(C)cc1. The van der Waals surface area contributed by atoms with Crippen molar-refractivity contribution in [1.82, 2.24) is 0 Å². The van der Waals surface area contributed by atoms with Crippen molar-refractivity contribution in [2.75, 3.05) is 0 Å². The average Bonchev–Trinajstić information content (AvgIpc) is 2.31. The third kappa shape index (κ3) is 3.06. The van der Waals surface area contributed by atoms with Crippen LogP contribution >= 0.6 is 0 Å². The Morgan fingerprint density at radius 1 is 1.24 bits per heavy atom. The van der Waals surface area contributed by atoms with Crippen LogP contribution in [0, 0.1) is 6.92 Å². The third-order valence-corrected chi connectivity index (χ3v) is 2.65. The Morgan fingerprint density at radius 2 is 1.76 bits per heavy atom. The van der Waals surface area contributed by atoms with Gasteiger partial charge in [0.1, 0.15) is 11.6 Å². The second-order valence-electron chi connectivity index (χ2n) is 3.99. The predicted octanol–water partition coefficient (Wildman–Crippen LogP) is 4.71. The van der Waals surface area contributed by atoms with Crippen LogP contribution in [0.4, 0.5) is 4.39 Å². The summed E-state index contributed by atoms with van der Waals surface area (Å²) >= 11 is 0. The maximum absolute atomic E-state index is 13.0. The number of benzene rings is 1. The summed E-state index contributed by atoms with van der Waals surface area (Å²) in [6.07, 6.45) is 1.62. The molecule has 0 aliphatic heterocycles. The highest BCUT2D eigenvalue weighted by molar-refractivity contribution is 5.78. The van der Waals surface area contributed by atoms with Crippen LogP contribution in [-0.4, -0.2) is 5.11 Å².